The number of para-hydroxylation sites is 2. The number of amides is 3. The summed E-state index contributed by atoms with van der Waals surface area (Å²) in [6.45, 7) is 2.64. The minimum absolute atomic E-state index is 0.0767. The Morgan fingerprint density at radius 1 is 1.25 bits per heavy atom. The summed E-state index contributed by atoms with van der Waals surface area (Å²) in [6, 6.07) is 6.69. The van der Waals surface area contributed by atoms with Crippen LogP contribution in [0.25, 0.3) is 0 Å². The number of hydrogen-bond donors (Lipinski definition) is 3. The summed E-state index contributed by atoms with van der Waals surface area (Å²) < 4.78 is 5.18. The van der Waals surface area contributed by atoms with Crippen LogP contribution >= 0.6 is 11.3 Å². The highest BCUT2D eigenvalue weighted by Gasteiger charge is 2.11. The Kier molecular flexibility index (Phi) is 6.56. The number of methoxy groups -OCH3 is 1. The van der Waals surface area contributed by atoms with Crippen LogP contribution in [0.2, 0.25) is 0 Å². The molecule has 8 heteroatoms. The number of thiazole rings is 1. The molecule has 0 radical (unpaired) electrons. The lowest BCUT2D eigenvalue weighted by Gasteiger charge is -2.09. The predicted octanol–water partition coefficient (Wildman–Crippen LogP) is 2.86. The van der Waals surface area contributed by atoms with Crippen molar-refractivity contribution in [3.63, 3.8) is 0 Å². The highest BCUT2D eigenvalue weighted by atomic mass is 32.1. The molecule has 3 amide bonds. The molecule has 1 aromatic heterocycles. The second-order valence-electron chi connectivity index (χ2n) is 4.95. The van der Waals surface area contributed by atoms with Crippen LogP contribution in [0.5, 0.6) is 5.75 Å². The van der Waals surface area contributed by atoms with Crippen molar-refractivity contribution in [2.75, 3.05) is 24.3 Å². The fourth-order valence-electron chi connectivity index (χ4n) is 1.94. The number of rotatable bonds is 7. The van der Waals surface area contributed by atoms with E-state index in [0.717, 1.165) is 6.42 Å². The van der Waals surface area contributed by atoms with E-state index in [-0.39, 0.29) is 12.3 Å². The third kappa shape index (κ3) is 5.24. The Labute approximate surface area is 144 Å². The second kappa shape index (κ2) is 8.88. The van der Waals surface area contributed by atoms with Gasteiger partial charge in [0, 0.05) is 11.9 Å². The van der Waals surface area contributed by atoms with E-state index in [2.05, 4.69) is 20.9 Å². The van der Waals surface area contributed by atoms with Crippen LogP contribution in [0.1, 0.15) is 19.0 Å². The molecule has 0 fully saturated rings. The van der Waals surface area contributed by atoms with E-state index < -0.39 is 6.03 Å². The summed E-state index contributed by atoms with van der Waals surface area (Å²) in [6.07, 6.45) is 1.09. The zero-order valence-corrected chi connectivity index (χ0v) is 14.4. The van der Waals surface area contributed by atoms with Gasteiger partial charge in [-0.15, -0.1) is 11.3 Å². The summed E-state index contributed by atoms with van der Waals surface area (Å²) in [5.41, 5.74) is 1.19. The van der Waals surface area contributed by atoms with E-state index >= 15 is 0 Å². The molecule has 0 bridgehead atoms. The van der Waals surface area contributed by atoms with Crippen LogP contribution < -0.4 is 20.7 Å². The molecular weight excluding hydrogens is 328 g/mol. The van der Waals surface area contributed by atoms with Gasteiger partial charge in [-0.1, -0.05) is 19.1 Å². The van der Waals surface area contributed by atoms with Crippen molar-refractivity contribution in [1.29, 1.82) is 0 Å². The smallest absolute Gasteiger partial charge is 0.325 e. The van der Waals surface area contributed by atoms with E-state index in [9.17, 15) is 9.59 Å². The molecular formula is C16H20N4O3S. The molecule has 0 atom stereocenters. The van der Waals surface area contributed by atoms with E-state index in [0.29, 0.717) is 28.8 Å². The minimum atomic E-state index is -0.421. The first-order chi connectivity index (χ1) is 11.6. The van der Waals surface area contributed by atoms with E-state index in [1.54, 1.807) is 23.6 Å². The Morgan fingerprint density at radius 3 is 2.79 bits per heavy atom. The number of carbonyl (C=O) groups excluding carboxylic acids is 2. The van der Waals surface area contributed by atoms with Gasteiger partial charge in [0.25, 0.3) is 0 Å². The van der Waals surface area contributed by atoms with Crippen molar-refractivity contribution in [3.8, 4) is 5.75 Å². The number of ether oxygens (including phenoxy) is 1. The average Bonchev–Trinajstić information content (AvgIpc) is 3.00. The van der Waals surface area contributed by atoms with Gasteiger partial charge in [-0.05, 0) is 18.6 Å². The molecule has 0 saturated carbocycles. The highest BCUT2D eigenvalue weighted by Crippen LogP contribution is 2.23. The van der Waals surface area contributed by atoms with E-state index in [4.69, 9.17) is 4.74 Å². The fraction of sp³-hybridized carbons (Fsp3) is 0.312. The molecule has 0 aliphatic carbocycles. The van der Waals surface area contributed by atoms with Crippen LogP contribution in [-0.2, 0) is 11.2 Å². The van der Waals surface area contributed by atoms with Crippen molar-refractivity contribution < 1.29 is 14.3 Å². The molecule has 1 aromatic carbocycles. The molecule has 0 spiro atoms. The number of hydrogen-bond acceptors (Lipinski definition) is 5. The Hall–Kier alpha value is -2.61. The maximum absolute atomic E-state index is 12.0. The number of benzene rings is 1. The number of nitrogens with zero attached hydrogens (tertiary/aromatic N) is 1. The SMILES string of the molecule is CCCNC(=O)Cc1csc(NC(=O)Nc2ccccc2OC)n1. The van der Waals surface area contributed by atoms with Gasteiger partial charge in [-0.2, -0.15) is 0 Å². The van der Waals surface area contributed by atoms with Crippen molar-refractivity contribution in [3.05, 3.63) is 35.3 Å². The van der Waals surface area contributed by atoms with Gasteiger partial charge in [0.05, 0.1) is 24.9 Å². The van der Waals surface area contributed by atoms with E-state index in [1.807, 2.05) is 13.0 Å². The number of aromatic nitrogens is 1. The van der Waals surface area contributed by atoms with Gasteiger partial charge in [-0.3, -0.25) is 10.1 Å². The summed E-state index contributed by atoms with van der Waals surface area (Å²) in [5, 5.41) is 10.3. The monoisotopic (exact) mass is 348 g/mol. The van der Waals surface area contributed by atoms with Gasteiger partial charge in [0.2, 0.25) is 5.91 Å². The summed E-state index contributed by atoms with van der Waals surface area (Å²) in [7, 11) is 1.54. The molecule has 24 heavy (non-hydrogen) atoms. The predicted molar refractivity (Wildman–Crippen MR) is 94.8 cm³/mol. The molecule has 0 aliphatic heterocycles. The first kappa shape index (κ1) is 17.7. The van der Waals surface area contributed by atoms with Gasteiger partial charge >= 0.3 is 6.03 Å². The van der Waals surface area contributed by atoms with Gasteiger partial charge in [0.15, 0.2) is 5.13 Å². The Bertz CT molecular complexity index is 702. The fourth-order valence-corrected chi connectivity index (χ4v) is 2.64. The summed E-state index contributed by atoms with van der Waals surface area (Å²) in [5.74, 6) is 0.493. The Morgan fingerprint density at radius 2 is 2.04 bits per heavy atom. The third-order valence-corrected chi connectivity index (χ3v) is 3.85. The average molecular weight is 348 g/mol. The molecule has 0 saturated heterocycles. The molecule has 2 rings (SSSR count). The number of urea groups is 1. The normalized spacial score (nSPS) is 10.1. The maximum Gasteiger partial charge on any atom is 0.325 e. The van der Waals surface area contributed by atoms with Crippen LogP contribution in [0.15, 0.2) is 29.6 Å². The van der Waals surface area contributed by atoms with Crippen molar-refractivity contribution in [2.45, 2.75) is 19.8 Å². The topological polar surface area (TPSA) is 92.4 Å². The molecule has 0 aliphatic rings. The zero-order chi connectivity index (χ0) is 17.4. The Balaban J connectivity index is 1.89. The number of anilines is 2. The lowest BCUT2D eigenvalue weighted by Crippen LogP contribution is -2.25. The molecule has 0 unspecified atom stereocenters. The lowest BCUT2D eigenvalue weighted by molar-refractivity contribution is -0.120. The van der Waals surface area contributed by atoms with Gasteiger partial charge in [-0.25, -0.2) is 9.78 Å². The number of nitrogens with one attached hydrogen (secondary N) is 3. The van der Waals surface area contributed by atoms with Crippen LogP contribution in [0, 0.1) is 0 Å². The molecule has 2 aromatic rings. The standard InChI is InChI=1S/C16H20N4O3S/c1-3-8-17-14(21)9-11-10-24-16(18-11)20-15(22)19-12-6-4-5-7-13(12)23-2/h4-7,10H,3,8-9H2,1-2H3,(H,17,21)(H2,18,19,20,22). The van der Waals surface area contributed by atoms with Crippen molar-refractivity contribution in [1.82, 2.24) is 10.3 Å². The summed E-state index contributed by atoms with van der Waals surface area (Å²) in [4.78, 5) is 27.9. The zero-order valence-electron chi connectivity index (χ0n) is 13.6. The van der Waals surface area contributed by atoms with Crippen LogP contribution in [-0.4, -0.2) is 30.6 Å². The number of carbonyl (C=O) groups is 2. The molecule has 128 valence electrons. The quantitative estimate of drug-likeness (QED) is 0.717. The first-order valence-electron chi connectivity index (χ1n) is 7.54. The van der Waals surface area contributed by atoms with Crippen molar-refractivity contribution >= 4 is 34.1 Å². The highest BCUT2D eigenvalue weighted by molar-refractivity contribution is 7.14. The van der Waals surface area contributed by atoms with Gasteiger partial charge in [0.1, 0.15) is 5.75 Å². The second-order valence-corrected chi connectivity index (χ2v) is 5.81. The molecule has 3 N–H and O–H groups in total. The maximum atomic E-state index is 12.0. The molecule has 7 nitrogen and oxygen atoms in total. The lowest BCUT2D eigenvalue weighted by atomic mass is 10.3. The van der Waals surface area contributed by atoms with Gasteiger partial charge < -0.3 is 15.4 Å². The summed E-state index contributed by atoms with van der Waals surface area (Å²) >= 11 is 1.27. The molecule has 1 heterocycles. The van der Waals surface area contributed by atoms with E-state index in [1.165, 1.54) is 18.4 Å². The largest absolute Gasteiger partial charge is 0.495 e. The third-order valence-electron chi connectivity index (χ3n) is 3.04. The van der Waals surface area contributed by atoms with Crippen molar-refractivity contribution in [2.24, 2.45) is 0 Å². The minimum Gasteiger partial charge on any atom is -0.495 e. The van der Waals surface area contributed by atoms with Crippen LogP contribution in [0.3, 0.4) is 0 Å². The van der Waals surface area contributed by atoms with Crippen LogP contribution in [0.4, 0.5) is 15.6 Å². The first-order valence-corrected chi connectivity index (χ1v) is 8.42.